The van der Waals surface area contributed by atoms with Gasteiger partial charge in [0.15, 0.2) is 0 Å². The summed E-state index contributed by atoms with van der Waals surface area (Å²) in [4.78, 5) is 0. The summed E-state index contributed by atoms with van der Waals surface area (Å²) in [6.45, 7) is 0.719. The summed E-state index contributed by atoms with van der Waals surface area (Å²) >= 11 is 0. The zero-order chi connectivity index (χ0) is 6.69. The average Bonchev–Trinajstić information content (AvgIpc) is 2.50. The fraction of sp³-hybridized carbons (Fsp3) is 1.00. The summed E-state index contributed by atoms with van der Waals surface area (Å²) < 4.78 is 4.91. The predicted molar refractivity (Wildman–Crippen MR) is 37.2 cm³/mol. The topological polar surface area (TPSA) is 35.2 Å². The van der Waals surface area contributed by atoms with Gasteiger partial charge in [-0.15, -0.1) is 0 Å². The van der Waals surface area contributed by atoms with Crippen molar-refractivity contribution in [3.05, 3.63) is 0 Å². The molecule has 0 aliphatic heterocycles. The van der Waals surface area contributed by atoms with Gasteiger partial charge >= 0.3 is 0 Å². The Morgan fingerprint density at radius 2 is 2.33 bits per heavy atom. The number of rotatable bonds is 4. The number of hydrogen-bond acceptors (Lipinski definition) is 2. The third-order valence-corrected chi connectivity index (χ3v) is 1.71. The summed E-state index contributed by atoms with van der Waals surface area (Å²) in [5.74, 6) is 0.926. The summed E-state index contributed by atoms with van der Waals surface area (Å²) in [7, 11) is 1.70. The molecule has 1 fully saturated rings. The van der Waals surface area contributed by atoms with Crippen molar-refractivity contribution >= 4 is 0 Å². The summed E-state index contributed by atoms with van der Waals surface area (Å²) in [6, 6.07) is 0.280. The van der Waals surface area contributed by atoms with E-state index in [1.54, 1.807) is 7.11 Å². The maximum Gasteiger partial charge on any atom is 0.0613 e. The minimum Gasteiger partial charge on any atom is -0.383 e. The van der Waals surface area contributed by atoms with Gasteiger partial charge in [0.05, 0.1) is 6.61 Å². The molecule has 2 nitrogen and oxygen atoms in total. The molecule has 0 aromatic rings. The van der Waals surface area contributed by atoms with Crippen LogP contribution in [0.4, 0.5) is 0 Å². The van der Waals surface area contributed by atoms with Gasteiger partial charge in [-0.3, -0.25) is 0 Å². The molecule has 2 N–H and O–H groups in total. The van der Waals surface area contributed by atoms with Gasteiger partial charge in [0, 0.05) is 13.2 Å². The molecule has 0 spiro atoms. The minimum atomic E-state index is 0.280. The first kappa shape index (κ1) is 7.03. The lowest BCUT2D eigenvalue weighted by molar-refractivity contribution is 0.175. The SMILES string of the molecule is COC[C@@H](N)CC1CC1. The van der Waals surface area contributed by atoms with E-state index in [2.05, 4.69) is 0 Å². The van der Waals surface area contributed by atoms with Crippen LogP contribution in [0, 0.1) is 5.92 Å². The second-order valence-corrected chi connectivity index (χ2v) is 2.89. The van der Waals surface area contributed by atoms with Crippen LogP contribution in [0.3, 0.4) is 0 Å². The minimum absolute atomic E-state index is 0.280. The molecular weight excluding hydrogens is 114 g/mol. The van der Waals surface area contributed by atoms with Crippen LogP contribution in [0.2, 0.25) is 0 Å². The van der Waals surface area contributed by atoms with Crippen molar-refractivity contribution in [3.8, 4) is 0 Å². The molecule has 9 heavy (non-hydrogen) atoms. The number of nitrogens with two attached hydrogens (primary N) is 1. The molecule has 1 aliphatic carbocycles. The van der Waals surface area contributed by atoms with Crippen molar-refractivity contribution in [1.29, 1.82) is 0 Å². The van der Waals surface area contributed by atoms with E-state index in [1.807, 2.05) is 0 Å². The van der Waals surface area contributed by atoms with Crippen LogP contribution < -0.4 is 5.73 Å². The van der Waals surface area contributed by atoms with Crippen molar-refractivity contribution in [2.24, 2.45) is 11.7 Å². The molecule has 0 unspecified atom stereocenters. The maximum atomic E-state index is 5.70. The van der Waals surface area contributed by atoms with Crippen molar-refractivity contribution in [2.75, 3.05) is 13.7 Å². The Labute approximate surface area is 56.4 Å². The fourth-order valence-electron chi connectivity index (χ4n) is 1.06. The quantitative estimate of drug-likeness (QED) is 0.608. The molecule has 0 aromatic carbocycles. The van der Waals surface area contributed by atoms with Crippen molar-refractivity contribution in [3.63, 3.8) is 0 Å². The second-order valence-electron chi connectivity index (χ2n) is 2.89. The Morgan fingerprint density at radius 1 is 1.67 bits per heavy atom. The smallest absolute Gasteiger partial charge is 0.0613 e. The van der Waals surface area contributed by atoms with E-state index in [-0.39, 0.29) is 6.04 Å². The van der Waals surface area contributed by atoms with Crippen LogP contribution in [0.15, 0.2) is 0 Å². The number of methoxy groups -OCH3 is 1. The highest BCUT2D eigenvalue weighted by Crippen LogP contribution is 2.32. The lowest BCUT2D eigenvalue weighted by Crippen LogP contribution is -2.25. The van der Waals surface area contributed by atoms with E-state index in [0.29, 0.717) is 0 Å². The first-order chi connectivity index (χ1) is 4.33. The largest absolute Gasteiger partial charge is 0.383 e. The number of hydrogen-bond donors (Lipinski definition) is 1. The molecule has 0 aromatic heterocycles. The van der Waals surface area contributed by atoms with Crippen LogP contribution >= 0.6 is 0 Å². The standard InChI is InChI=1S/C7H15NO/c1-9-5-7(8)4-6-2-3-6/h6-7H,2-5,8H2,1H3/t7-/m0/s1. The van der Waals surface area contributed by atoms with E-state index in [0.717, 1.165) is 18.9 Å². The zero-order valence-electron chi connectivity index (χ0n) is 5.97. The fourth-order valence-corrected chi connectivity index (χ4v) is 1.06. The Hall–Kier alpha value is -0.0800. The third-order valence-electron chi connectivity index (χ3n) is 1.71. The highest BCUT2D eigenvalue weighted by atomic mass is 16.5. The molecule has 0 heterocycles. The molecule has 0 bridgehead atoms. The average molecular weight is 129 g/mol. The Balaban J connectivity index is 1.95. The lowest BCUT2D eigenvalue weighted by atomic mass is 10.2. The summed E-state index contributed by atoms with van der Waals surface area (Å²) in [5.41, 5.74) is 5.70. The second kappa shape index (κ2) is 3.18. The van der Waals surface area contributed by atoms with Crippen LogP contribution in [0.1, 0.15) is 19.3 Å². The summed E-state index contributed by atoms with van der Waals surface area (Å²) in [5, 5.41) is 0. The number of ether oxygens (including phenoxy) is 1. The van der Waals surface area contributed by atoms with E-state index >= 15 is 0 Å². The Bertz CT molecular complexity index is 81.0. The van der Waals surface area contributed by atoms with Gasteiger partial charge in [0.1, 0.15) is 0 Å². The van der Waals surface area contributed by atoms with Gasteiger partial charge in [-0.1, -0.05) is 12.8 Å². The first-order valence-corrected chi connectivity index (χ1v) is 3.57. The molecule has 0 radical (unpaired) electrons. The molecular formula is C7H15NO. The highest BCUT2D eigenvalue weighted by molar-refractivity contribution is 4.77. The van der Waals surface area contributed by atoms with Gasteiger partial charge in [-0.05, 0) is 12.3 Å². The monoisotopic (exact) mass is 129 g/mol. The highest BCUT2D eigenvalue weighted by Gasteiger charge is 2.23. The van der Waals surface area contributed by atoms with Crippen molar-refractivity contribution in [2.45, 2.75) is 25.3 Å². The van der Waals surface area contributed by atoms with E-state index in [4.69, 9.17) is 10.5 Å². The van der Waals surface area contributed by atoms with Crippen LogP contribution in [-0.4, -0.2) is 19.8 Å². The van der Waals surface area contributed by atoms with Crippen molar-refractivity contribution in [1.82, 2.24) is 0 Å². The van der Waals surface area contributed by atoms with Gasteiger partial charge in [0.2, 0.25) is 0 Å². The third kappa shape index (κ3) is 2.82. The van der Waals surface area contributed by atoms with E-state index in [1.165, 1.54) is 12.8 Å². The van der Waals surface area contributed by atoms with Crippen molar-refractivity contribution < 1.29 is 4.74 Å². The molecule has 1 saturated carbocycles. The van der Waals surface area contributed by atoms with E-state index < -0.39 is 0 Å². The molecule has 54 valence electrons. The molecule has 1 aliphatic rings. The Morgan fingerprint density at radius 3 is 2.78 bits per heavy atom. The lowest BCUT2D eigenvalue weighted by Gasteiger charge is -2.07. The maximum absolute atomic E-state index is 5.70. The van der Waals surface area contributed by atoms with Crippen LogP contribution in [0.25, 0.3) is 0 Å². The van der Waals surface area contributed by atoms with Crippen LogP contribution in [0.5, 0.6) is 0 Å². The van der Waals surface area contributed by atoms with Gasteiger partial charge in [0.25, 0.3) is 0 Å². The Kier molecular flexibility index (Phi) is 2.49. The molecule has 0 amide bonds. The molecule has 1 atom stereocenters. The summed E-state index contributed by atoms with van der Waals surface area (Å²) in [6.07, 6.45) is 3.93. The molecule has 2 heteroatoms. The molecule has 0 saturated heterocycles. The normalized spacial score (nSPS) is 22.0. The van der Waals surface area contributed by atoms with Gasteiger partial charge in [-0.25, -0.2) is 0 Å². The first-order valence-electron chi connectivity index (χ1n) is 3.57. The predicted octanol–water partition coefficient (Wildman–Crippen LogP) is 0.760. The molecule has 1 rings (SSSR count). The van der Waals surface area contributed by atoms with Crippen LogP contribution in [-0.2, 0) is 4.74 Å². The zero-order valence-corrected chi connectivity index (χ0v) is 5.97. The van der Waals surface area contributed by atoms with Gasteiger partial charge < -0.3 is 10.5 Å². The van der Waals surface area contributed by atoms with Gasteiger partial charge in [-0.2, -0.15) is 0 Å². The van der Waals surface area contributed by atoms with E-state index in [9.17, 15) is 0 Å².